The summed E-state index contributed by atoms with van der Waals surface area (Å²) < 4.78 is 5.08. The van der Waals surface area contributed by atoms with E-state index >= 15 is 0 Å². The van der Waals surface area contributed by atoms with Crippen LogP contribution in [0.3, 0.4) is 0 Å². The number of ether oxygens (including phenoxy) is 1. The maximum absolute atomic E-state index is 11.9. The fraction of sp³-hybridized carbons (Fsp3) is 0.250. The van der Waals surface area contributed by atoms with Gasteiger partial charge in [-0.3, -0.25) is 4.79 Å². The van der Waals surface area contributed by atoms with Crippen LogP contribution in [0.1, 0.15) is 26.5 Å². The van der Waals surface area contributed by atoms with Crippen LogP contribution in [0.25, 0.3) is 0 Å². The number of hydrogen-bond donors (Lipinski definition) is 2. The highest BCUT2D eigenvalue weighted by atomic mass is 35.5. The molecular weight excluding hydrogens is 338 g/mol. The molecule has 5 nitrogen and oxygen atoms in total. The molecule has 0 aliphatic carbocycles. The lowest BCUT2D eigenvalue weighted by Gasteiger charge is -2.07. The molecule has 1 aromatic heterocycles. The van der Waals surface area contributed by atoms with Crippen LogP contribution in [0, 0.1) is 0 Å². The number of aryl methyl sites for hydroxylation is 1. The van der Waals surface area contributed by atoms with Crippen molar-refractivity contribution in [3.63, 3.8) is 0 Å². The van der Waals surface area contributed by atoms with Crippen molar-refractivity contribution in [2.75, 3.05) is 7.11 Å². The highest BCUT2D eigenvalue weighted by Gasteiger charge is 2.09. The largest absolute Gasteiger partial charge is 0.495 e. The zero-order valence-electron chi connectivity index (χ0n) is 12.5. The van der Waals surface area contributed by atoms with E-state index in [-0.39, 0.29) is 10.8 Å². The molecular formula is C16H16ClNO4S. The van der Waals surface area contributed by atoms with E-state index < -0.39 is 5.97 Å². The van der Waals surface area contributed by atoms with E-state index in [4.69, 9.17) is 21.4 Å². The second-order valence-electron chi connectivity index (χ2n) is 4.82. The Bertz CT molecular complexity index is 714. The van der Waals surface area contributed by atoms with Crippen LogP contribution in [0.2, 0.25) is 5.02 Å². The Balaban J connectivity index is 1.80. The number of methoxy groups -OCH3 is 1. The summed E-state index contributed by atoms with van der Waals surface area (Å²) >= 11 is 7.20. The standard InChI is InChI=1S/C16H16ClNO4S/c1-22-13-5-2-10(8-12(13)17)3-7-15(19)18-9-11-4-6-14(23-11)16(20)21/h2,4-6,8H,3,7,9H2,1H3,(H,18,19)(H,20,21). The van der Waals surface area contributed by atoms with Crippen molar-refractivity contribution in [3.05, 3.63) is 50.7 Å². The number of aromatic carboxylic acids is 1. The molecule has 2 aromatic rings. The fourth-order valence-corrected chi connectivity index (χ4v) is 3.05. The van der Waals surface area contributed by atoms with Crippen molar-refractivity contribution in [2.45, 2.75) is 19.4 Å². The van der Waals surface area contributed by atoms with Crippen molar-refractivity contribution >= 4 is 34.8 Å². The number of rotatable bonds is 7. The van der Waals surface area contributed by atoms with Crippen molar-refractivity contribution in [1.29, 1.82) is 0 Å². The molecule has 122 valence electrons. The number of carbonyl (C=O) groups is 2. The molecule has 23 heavy (non-hydrogen) atoms. The van der Waals surface area contributed by atoms with Gasteiger partial charge in [-0.05, 0) is 36.2 Å². The molecule has 0 bridgehead atoms. The Hall–Kier alpha value is -2.05. The second kappa shape index (κ2) is 7.99. The molecule has 0 saturated heterocycles. The first-order valence-electron chi connectivity index (χ1n) is 6.90. The van der Waals surface area contributed by atoms with E-state index in [1.165, 1.54) is 6.07 Å². The SMILES string of the molecule is COc1ccc(CCC(=O)NCc2ccc(C(=O)O)s2)cc1Cl. The minimum atomic E-state index is -0.955. The van der Waals surface area contributed by atoms with Crippen molar-refractivity contribution in [2.24, 2.45) is 0 Å². The van der Waals surface area contributed by atoms with E-state index in [1.807, 2.05) is 6.07 Å². The number of thiophene rings is 1. The minimum Gasteiger partial charge on any atom is -0.495 e. The summed E-state index contributed by atoms with van der Waals surface area (Å²) in [5.41, 5.74) is 0.954. The summed E-state index contributed by atoms with van der Waals surface area (Å²) in [6.45, 7) is 0.333. The van der Waals surface area contributed by atoms with Gasteiger partial charge in [-0.25, -0.2) is 4.79 Å². The quantitative estimate of drug-likeness (QED) is 0.800. The molecule has 2 rings (SSSR count). The minimum absolute atomic E-state index is 0.0952. The Morgan fingerprint density at radius 3 is 2.70 bits per heavy atom. The van der Waals surface area contributed by atoms with Gasteiger partial charge in [-0.1, -0.05) is 17.7 Å². The van der Waals surface area contributed by atoms with Gasteiger partial charge in [0, 0.05) is 11.3 Å². The first-order valence-corrected chi connectivity index (χ1v) is 8.10. The molecule has 0 radical (unpaired) electrons. The predicted octanol–water partition coefficient (Wildman–Crippen LogP) is 3.36. The van der Waals surface area contributed by atoms with Crippen LogP contribution in [0.15, 0.2) is 30.3 Å². The monoisotopic (exact) mass is 353 g/mol. The molecule has 0 aliphatic rings. The maximum Gasteiger partial charge on any atom is 0.345 e. The smallest absolute Gasteiger partial charge is 0.345 e. The molecule has 0 atom stereocenters. The number of amides is 1. The average Bonchev–Trinajstić information content (AvgIpc) is 3.00. The summed E-state index contributed by atoms with van der Waals surface area (Å²) in [6, 6.07) is 8.67. The zero-order chi connectivity index (χ0) is 16.8. The number of carboxylic acid groups (broad SMARTS) is 1. The molecule has 0 spiro atoms. The molecule has 1 aromatic carbocycles. The van der Waals surface area contributed by atoms with Gasteiger partial charge in [0.15, 0.2) is 0 Å². The highest BCUT2D eigenvalue weighted by Crippen LogP contribution is 2.25. The molecule has 1 heterocycles. The van der Waals surface area contributed by atoms with Crippen LogP contribution in [0.4, 0.5) is 0 Å². The lowest BCUT2D eigenvalue weighted by atomic mass is 10.1. The average molecular weight is 354 g/mol. The summed E-state index contributed by atoms with van der Waals surface area (Å²) in [4.78, 5) is 23.7. The molecule has 7 heteroatoms. The van der Waals surface area contributed by atoms with E-state index in [9.17, 15) is 9.59 Å². The maximum atomic E-state index is 11.9. The predicted molar refractivity (Wildman–Crippen MR) is 89.5 cm³/mol. The van der Waals surface area contributed by atoms with Crippen molar-refractivity contribution in [1.82, 2.24) is 5.32 Å². The van der Waals surface area contributed by atoms with Gasteiger partial charge in [0.2, 0.25) is 5.91 Å². The summed E-state index contributed by atoms with van der Waals surface area (Å²) in [5.74, 6) is -0.446. The van der Waals surface area contributed by atoms with E-state index in [0.29, 0.717) is 30.2 Å². The third-order valence-electron chi connectivity index (χ3n) is 3.19. The number of carboxylic acids is 1. The first-order chi connectivity index (χ1) is 11.0. The normalized spacial score (nSPS) is 10.3. The lowest BCUT2D eigenvalue weighted by molar-refractivity contribution is -0.121. The molecule has 1 amide bonds. The molecule has 0 fully saturated rings. The number of carbonyl (C=O) groups excluding carboxylic acids is 1. The van der Waals surface area contributed by atoms with Crippen molar-refractivity contribution in [3.8, 4) is 5.75 Å². The van der Waals surface area contributed by atoms with Gasteiger partial charge >= 0.3 is 5.97 Å². The number of nitrogens with one attached hydrogen (secondary N) is 1. The van der Waals surface area contributed by atoms with Crippen LogP contribution >= 0.6 is 22.9 Å². The van der Waals surface area contributed by atoms with E-state index in [1.54, 1.807) is 25.3 Å². The van der Waals surface area contributed by atoms with Gasteiger partial charge in [-0.15, -0.1) is 11.3 Å². The van der Waals surface area contributed by atoms with Crippen LogP contribution < -0.4 is 10.1 Å². The zero-order valence-corrected chi connectivity index (χ0v) is 14.0. The van der Waals surface area contributed by atoms with Crippen LogP contribution in [-0.2, 0) is 17.8 Å². The summed E-state index contributed by atoms with van der Waals surface area (Å²) in [7, 11) is 1.55. The summed E-state index contributed by atoms with van der Waals surface area (Å²) in [6.07, 6.45) is 0.903. The Kier molecular flexibility index (Phi) is 6.01. The van der Waals surface area contributed by atoms with Crippen LogP contribution in [-0.4, -0.2) is 24.1 Å². The fourth-order valence-electron chi connectivity index (χ4n) is 1.99. The third-order valence-corrected chi connectivity index (χ3v) is 4.56. The van der Waals surface area contributed by atoms with Gasteiger partial charge in [-0.2, -0.15) is 0 Å². The molecule has 0 unspecified atom stereocenters. The Morgan fingerprint density at radius 1 is 1.30 bits per heavy atom. The second-order valence-corrected chi connectivity index (χ2v) is 6.39. The Labute approximate surface area is 142 Å². The van der Waals surface area contributed by atoms with Crippen LogP contribution in [0.5, 0.6) is 5.75 Å². The third kappa shape index (κ3) is 4.97. The van der Waals surface area contributed by atoms with E-state index in [0.717, 1.165) is 21.8 Å². The van der Waals surface area contributed by atoms with Gasteiger partial charge in [0.25, 0.3) is 0 Å². The Morgan fingerprint density at radius 2 is 2.09 bits per heavy atom. The number of benzene rings is 1. The van der Waals surface area contributed by atoms with Gasteiger partial charge in [0.1, 0.15) is 10.6 Å². The first kappa shape index (κ1) is 17.3. The molecule has 0 aliphatic heterocycles. The highest BCUT2D eigenvalue weighted by molar-refractivity contribution is 7.13. The molecule has 2 N–H and O–H groups in total. The number of halogens is 1. The topological polar surface area (TPSA) is 75.6 Å². The van der Waals surface area contributed by atoms with E-state index in [2.05, 4.69) is 5.32 Å². The van der Waals surface area contributed by atoms with Gasteiger partial charge < -0.3 is 15.2 Å². The molecule has 0 saturated carbocycles. The summed E-state index contributed by atoms with van der Waals surface area (Å²) in [5, 5.41) is 12.1. The lowest BCUT2D eigenvalue weighted by Crippen LogP contribution is -2.22. The number of hydrogen-bond acceptors (Lipinski definition) is 4. The van der Waals surface area contributed by atoms with Gasteiger partial charge in [0.05, 0.1) is 18.7 Å². The van der Waals surface area contributed by atoms with Crippen molar-refractivity contribution < 1.29 is 19.4 Å².